The van der Waals surface area contributed by atoms with E-state index in [0.717, 1.165) is 29.1 Å². The van der Waals surface area contributed by atoms with Gasteiger partial charge in [-0.15, -0.1) is 11.3 Å². The number of amides is 1. The van der Waals surface area contributed by atoms with Gasteiger partial charge in [0, 0.05) is 36.9 Å². The molecular weight excluding hydrogens is 522 g/mol. The summed E-state index contributed by atoms with van der Waals surface area (Å²) >= 11 is 4.90. The summed E-state index contributed by atoms with van der Waals surface area (Å²) in [6.07, 6.45) is 3.58. The lowest BCUT2D eigenvalue weighted by Crippen LogP contribution is -2.39. The van der Waals surface area contributed by atoms with E-state index in [9.17, 15) is 18.8 Å². The van der Waals surface area contributed by atoms with Crippen LogP contribution < -0.4 is 10.2 Å². The summed E-state index contributed by atoms with van der Waals surface area (Å²) in [5.74, 6) is -0.322. The molecule has 2 unspecified atom stereocenters. The highest BCUT2D eigenvalue weighted by molar-refractivity contribution is 7.79. The maximum absolute atomic E-state index is 13.2. The van der Waals surface area contributed by atoms with Crippen molar-refractivity contribution in [3.8, 4) is 6.07 Å². The molecule has 3 aromatic rings. The SMILES string of the molecule is COCCC(NC(=O)c1nc(N(Cc2ccc(Cl)cn2)c2ccc(C#N)cc2)sc1C1CC1)S(=O)[O-]. The number of methoxy groups -OCH3 is 1. The normalized spacial score (nSPS) is 14.6. The average molecular weight is 545 g/mol. The Morgan fingerprint density at radius 2 is 2.11 bits per heavy atom. The Kier molecular flexibility index (Phi) is 8.66. The van der Waals surface area contributed by atoms with Crippen LogP contribution >= 0.6 is 22.9 Å². The minimum Gasteiger partial charge on any atom is -0.771 e. The maximum Gasteiger partial charge on any atom is 0.272 e. The number of nitriles is 1. The number of ether oxygens (including phenoxy) is 1. The van der Waals surface area contributed by atoms with Crippen LogP contribution in [0.25, 0.3) is 0 Å². The number of hydrogen-bond donors (Lipinski definition) is 1. The van der Waals surface area contributed by atoms with Crippen LogP contribution in [0, 0.1) is 11.3 Å². The number of carbonyl (C=O) groups excluding carboxylic acids is 1. The van der Waals surface area contributed by atoms with E-state index < -0.39 is 22.4 Å². The lowest BCUT2D eigenvalue weighted by Gasteiger charge is -2.22. The molecule has 1 aliphatic carbocycles. The monoisotopic (exact) mass is 544 g/mol. The van der Waals surface area contributed by atoms with Gasteiger partial charge in [0.15, 0.2) is 5.13 Å². The Hall–Kier alpha value is -2.88. The first kappa shape index (κ1) is 26.2. The molecule has 0 radical (unpaired) electrons. The first-order valence-electron chi connectivity index (χ1n) is 11.2. The predicted octanol–water partition coefficient (Wildman–Crippen LogP) is 4.25. The number of nitrogens with zero attached hydrogens (tertiary/aromatic N) is 4. The van der Waals surface area contributed by atoms with Gasteiger partial charge in [0.25, 0.3) is 5.91 Å². The molecule has 1 aromatic carbocycles. The molecule has 9 nitrogen and oxygen atoms in total. The minimum absolute atomic E-state index is 0.133. The summed E-state index contributed by atoms with van der Waals surface area (Å²) in [6.45, 7) is 0.542. The average Bonchev–Trinajstić information content (AvgIpc) is 3.64. The molecule has 2 atom stereocenters. The highest BCUT2D eigenvalue weighted by atomic mass is 35.5. The summed E-state index contributed by atoms with van der Waals surface area (Å²) < 4.78 is 28.3. The van der Waals surface area contributed by atoms with Gasteiger partial charge >= 0.3 is 0 Å². The number of pyridine rings is 1. The molecular formula is C24H23ClN5O4S2-. The molecule has 2 heterocycles. The van der Waals surface area contributed by atoms with Gasteiger partial charge < -0.3 is 19.5 Å². The second-order valence-electron chi connectivity index (χ2n) is 8.20. The van der Waals surface area contributed by atoms with Crippen molar-refractivity contribution in [2.45, 2.75) is 37.1 Å². The van der Waals surface area contributed by atoms with Gasteiger partial charge in [0.05, 0.1) is 34.3 Å². The van der Waals surface area contributed by atoms with E-state index in [1.165, 1.54) is 18.4 Å². The first-order chi connectivity index (χ1) is 17.4. The molecule has 1 amide bonds. The highest BCUT2D eigenvalue weighted by Gasteiger charge is 2.34. The van der Waals surface area contributed by atoms with E-state index in [4.69, 9.17) is 16.3 Å². The number of nitrogens with one attached hydrogen (secondary N) is 1. The van der Waals surface area contributed by atoms with Gasteiger partial charge in [0.1, 0.15) is 5.69 Å². The molecule has 1 saturated carbocycles. The zero-order valence-electron chi connectivity index (χ0n) is 19.3. The number of aromatic nitrogens is 2. The Morgan fingerprint density at radius 1 is 1.36 bits per heavy atom. The molecule has 1 aliphatic rings. The lowest BCUT2D eigenvalue weighted by molar-refractivity contribution is 0.0935. The molecule has 0 bridgehead atoms. The van der Waals surface area contributed by atoms with Crippen LogP contribution in [0.4, 0.5) is 10.8 Å². The van der Waals surface area contributed by atoms with Crippen LogP contribution in [0.15, 0.2) is 42.6 Å². The van der Waals surface area contributed by atoms with Crippen molar-refractivity contribution in [1.82, 2.24) is 15.3 Å². The number of halogens is 1. The van der Waals surface area contributed by atoms with Crippen LogP contribution in [-0.2, 0) is 22.4 Å². The second kappa shape index (κ2) is 11.9. The lowest BCUT2D eigenvalue weighted by atomic mass is 10.2. The van der Waals surface area contributed by atoms with Crippen molar-refractivity contribution in [3.05, 3.63) is 69.4 Å². The van der Waals surface area contributed by atoms with Crippen molar-refractivity contribution in [2.75, 3.05) is 18.6 Å². The molecule has 1 fully saturated rings. The molecule has 0 spiro atoms. The smallest absolute Gasteiger partial charge is 0.272 e. The van der Waals surface area contributed by atoms with Crippen molar-refractivity contribution in [1.29, 1.82) is 5.26 Å². The summed E-state index contributed by atoms with van der Waals surface area (Å²) in [4.78, 5) is 25.0. The van der Waals surface area contributed by atoms with Crippen LogP contribution in [0.1, 0.15) is 51.8 Å². The van der Waals surface area contributed by atoms with Gasteiger partial charge in [0.2, 0.25) is 0 Å². The molecule has 12 heteroatoms. The molecule has 2 aromatic heterocycles. The van der Waals surface area contributed by atoms with Crippen molar-refractivity contribution < 1.29 is 18.3 Å². The van der Waals surface area contributed by atoms with Crippen LogP contribution in [-0.4, -0.2) is 43.7 Å². The third-order valence-electron chi connectivity index (χ3n) is 5.56. The maximum atomic E-state index is 13.2. The summed E-state index contributed by atoms with van der Waals surface area (Å²) in [7, 11) is 1.47. The van der Waals surface area contributed by atoms with Crippen LogP contribution in [0.5, 0.6) is 0 Å². The first-order valence-corrected chi connectivity index (χ1v) is 13.5. The number of rotatable bonds is 11. The quantitative estimate of drug-likeness (QED) is 0.354. The number of thiazole rings is 1. The van der Waals surface area contributed by atoms with E-state index in [-0.39, 0.29) is 24.6 Å². The van der Waals surface area contributed by atoms with Gasteiger partial charge in [-0.2, -0.15) is 5.26 Å². The van der Waals surface area contributed by atoms with Crippen molar-refractivity contribution in [2.24, 2.45) is 0 Å². The van der Waals surface area contributed by atoms with E-state index >= 15 is 0 Å². The molecule has 36 heavy (non-hydrogen) atoms. The number of anilines is 2. The van der Waals surface area contributed by atoms with E-state index in [0.29, 0.717) is 22.3 Å². The van der Waals surface area contributed by atoms with E-state index in [1.807, 2.05) is 23.1 Å². The Bertz CT molecular complexity index is 1270. The standard InChI is InChI=1S/C24H24ClN5O4S2/c1-34-11-10-20(36(32)33)28-23(31)21-22(16-4-5-16)35-24(29-21)30(14-18-7-6-17(25)13-27-18)19-8-2-15(12-26)3-9-19/h2-3,6-9,13,16,20H,4-5,10-11,14H2,1H3,(H,28,31)(H,32,33)/p-1. The number of hydrogen-bond acceptors (Lipinski definition) is 9. The fourth-order valence-corrected chi connectivity index (χ4v) is 5.38. The fourth-order valence-electron chi connectivity index (χ4n) is 3.52. The minimum atomic E-state index is -2.51. The topological polar surface area (TPSA) is 131 Å². The Morgan fingerprint density at radius 3 is 2.69 bits per heavy atom. The summed E-state index contributed by atoms with van der Waals surface area (Å²) in [6, 6.07) is 12.7. The third kappa shape index (κ3) is 6.46. The third-order valence-corrected chi connectivity index (χ3v) is 7.84. The molecule has 1 N–H and O–H groups in total. The zero-order valence-corrected chi connectivity index (χ0v) is 21.7. The second-order valence-corrected chi connectivity index (χ2v) is 10.7. The fraction of sp³-hybridized carbons (Fsp3) is 0.333. The van der Waals surface area contributed by atoms with Gasteiger partial charge in [-0.1, -0.05) is 11.6 Å². The Balaban J connectivity index is 1.69. The molecule has 0 aliphatic heterocycles. The number of benzene rings is 1. The van der Waals surface area contributed by atoms with Crippen LogP contribution in [0.2, 0.25) is 5.02 Å². The van der Waals surface area contributed by atoms with Crippen LogP contribution in [0.3, 0.4) is 0 Å². The Labute approximate surface area is 220 Å². The van der Waals surface area contributed by atoms with E-state index in [1.54, 1.807) is 24.4 Å². The molecule has 4 rings (SSSR count). The highest BCUT2D eigenvalue weighted by Crippen LogP contribution is 2.47. The largest absolute Gasteiger partial charge is 0.771 e. The van der Waals surface area contributed by atoms with Gasteiger partial charge in [-0.25, -0.2) is 4.98 Å². The van der Waals surface area contributed by atoms with Gasteiger partial charge in [-0.05, 0) is 66.2 Å². The van der Waals surface area contributed by atoms with Gasteiger partial charge in [-0.3, -0.25) is 14.0 Å². The van der Waals surface area contributed by atoms with E-state index in [2.05, 4.69) is 21.4 Å². The van der Waals surface area contributed by atoms with Crippen molar-refractivity contribution >= 4 is 50.7 Å². The number of carbonyl (C=O) groups is 1. The van der Waals surface area contributed by atoms with Crippen molar-refractivity contribution in [3.63, 3.8) is 0 Å². The predicted molar refractivity (Wildman–Crippen MR) is 137 cm³/mol. The summed E-state index contributed by atoms with van der Waals surface area (Å²) in [5.41, 5.74) is 2.26. The molecule has 0 saturated heterocycles. The summed E-state index contributed by atoms with van der Waals surface area (Å²) in [5, 5.41) is 11.8. The zero-order chi connectivity index (χ0) is 25.7. The molecule has 188 valence electrons.